The molecular formula is C13H16N2O2. The summed E-state index contributed by atoms with van der Waals surface area (Å²) in [4.78, 5) is 2.24. The maximum Gasteiger partial charge on any atom is 0.156 e. The first-order valence-electron chi connectivity index (χ1n) is 5.68. The molecule has 0 aliphatic carbocycles. The van der Waals surface area contributed by atoms with E-state index in [1.54, 1.807) is 7.11 Å². The van der Waals surface area contributed by atoms with Gasteiger partial charge in [0.1, 0.15) is 5.75 Å². The molecule has 0 radical (unpaired) electrons. The number of rotatable bonds is 3. The van der Waals surface area contributed by atoms with Crippen LogP contribution in [0.25, 0.3) is 0 Å². The van der Waals surface area contributed by atoms with Crippen molar-refractivity contribution in [1.29, 1.82) is 5.26 Å². The minimum Gasteiger partial charge on any atom is -0.497 e. The maximum atomic E-state index is 8.82. The Bertz CT molecular complexity index is 397. The third kappa shape index (κ3) is 3.19. The van der Waals surface area contributed by atoms with Gasteiger partial charge >= 0.3 is 0 Å². The molecule has 1 atom stereocenters. The van der Waals surface area contributed by atoms with Gasteiger partial charge in [0.2, 0.25) is 0 Å². The number of morpholine rings is 1. The van der Waals surface area contributed by atoms with Gasteiger partial charge in [-0.05, 0) is 17.7 Å². The van der Waals surface area contributed by atoms with Crippen LogP contribution in [0.2, 0.25) is 0 Å². The van der Waals surface area contributed by atoms with E-state index in [9.17, 15) is 0 Å². The van der Waals surface area contributed by atoms with Crippen molar-refractivity contribution in [3.63, 3.8) is 0 Å². The van der Waals surface area contributed by atoms with Crippen LogP contribution in [0.15, 0.2) is 24.3 Å². The average molecular weight is 232 g/mol. The summed E-state index contributed by atoms with van der Waals surface area (Å²) in [6.07, 6.45) is -0.290. The van der Waals surface area contributed by atoms with Crippen molar-refractivity contribution in [2.75, 3.05) is 26.8 Å². The molecule has 0 saturated carbocycles. The van der Waals surface area contributed by atoms with E-state index >= 15 is 0 Å². The molecule has 1 aromatic rings. The number of nitriles is 1. The Morgan fingerprint density at radius 3 is 2.88 bits per heavy atom. The number of nitrogens with zero attached hydrogens (tertiary/aromatic N) is 2. The molecule has 2 rings (SSSR count). The van der Waals surface area contributed by atoms with Crippen molar-refractivity contribution in [3.8, 4) is 11.8 Å². The molecule has 0 N–H and O–H groups in total. The fourth-order valence-corrected chi connectivity index (χ4v) is 1.91. The standard InChI is InChI=1S/C13H16N2O2/c1-16-12-4-2-11(3-5-12)9-15-6-7-17-13(8-14)10-15/h2-5,13H,6-7,9-10H2,1H3. The third-order valence-corrected chi connectivity index (χ3v) is 2.86. The van der Waals surface area contributed by atoms with Crippen molar-refractivity contribution < 1.29 is 9.47 Å². The van der Waals surface area contributed by atoms with Crippen LogP contribution in [0.1, 0.15) is 5.56 Å². The van der Waals surface area contributed by atoms with Crippen LogP contribution in [-0.4, -0.2) is 37.8 Å². The van der Waals surface area contributed by atoms with Gasteiger partial charge in [0.15, 0.2) is 6.10 Å². The molecule has 90 valence electrons. The lowest BCUT2D eigenvalue weighted by atomic mass is 10.2. The molecule has 1 unspecified atom stereocenters. The minimum absolute atomic E-state index is 0.290. The van der Waals surface area contributed by atoms with Gasteiger partial charge in [-0.1, -0.05) is 12.1 Å². The van der Waals surface area contributed by atoms with Crippen LogP contribution >= 0.6 is 0 Å². The molecule has 4 heteroatoms. The molecule has 1 aromatic carbocycles. The largest absolute Gasteiger partial charge is 0.497 e. The van der Waals surface area contributed by atoms with Crippen LogP contribution in [-0.2, 0) is 11.3 Å². The second-order valence-electron chi connectivity index (χ2n) is 4.07. The number of hydrogen-bond donors (Lipinski definition) is 0. The summed E-state index contributed by atoms with van der Waals surface area (Å²) < 4.78 is 10.4. The Morgan fingerprint density at radius 1 is 1.47 bits per heavy atom. The van der Waals surface area contributed by atoms with Crippen molar-refractivity contribution in [2.24, 2.45) is 0 Å². The first-order chi connectivity index (χ1) is 8.31. The zero-order valence-electron chi connectivity index (χ0n) is 9.93. The quantitative estimate of drug-likeness (QED) is 0.790. The molecule has 0 aromatic heterocycles. The second-order valence-corrected chi connectivity index (χ2v) is 4.07. The normalized spacial score (nSPS) is 20.8. The first-order valence-corrected chi connectivity index (χ1v) is 5.68. The predicted octanol–water partition coefficient (Wildman–Crippen LogP) is 1.42. The SMILES string of the molecule is COc1ccc(CN2CCOC(C#N)C2)cc1. The Balaban J connectivity index is 1.93. The highest BCUT2D eigenvalue weighted by molar-refractivity contribution is 5.27. The van der Waals surface area contributed by atoms with E-state index in [0.29, 0.717) is 13.2 Å². The molecule has 1 aliphatic rings. The van der Waals surface area contributed by atoms with Gasteiger partial charge in [-0.3, -0.25) is 4.90 Å². The monoisotopic (exact) mass is 232 g/mol. The lowest BCUT2D eigenvalue weighted by Gasteiger charge is -2.29. The van der Waals surface area contributed by atoms with Crippen molar-refractivity contribution >= 4 is 0 Å². The highest BCUT2D eigenvalue weighted by atomic mass is 16.5. The Labute approximate surface area is 101 Å². The summed E-state index contributed by atoms with van der Waals surface area (Å²) in [6.45, 7) is 3.05. The highest BCUT2D eigenvalue weighted by Crippen LogP contribution is 2.14. The zero-order chi connectivity index (χ0) is 12.1. The van der Waals surface area contributed by atoms with Gasteiger partial charge in [0.25, 0.3) is 0 Å². The molecule has 4 nitrogen and oxygen atoms in total. The van der Waals surface area contributed by atoms with E-state index in [-0.39, 0.29) is 6.10 Å². The second kappa shape index (κ2) is 5.67. The molecule has 0 bridgehead atoms. The minimum atomic E-state index is -0.290. The van der Waals surface area contributed by atoms with Crippen molar-refractivity contribution in [1.82, 2.24) is 4.90 Å². The van der Waals surface area contributed by atoms with Gasteiger partial charge in [0.05, 0.1) is 19.8 Å². The van der Waals surface area contributed by atoms with Gasteiger partial charge in [-0.2, -0.15) is 5.26 Å². The smallest absolute Gasteiger partial charge is 0.156 e. The Kier molecular flexibility index (Phi) is 3.97. The number of methoxy groups -OCH3 is 1. The highest BCUT2D eigenvalue weighted by Gasteiger charge is 2.19. The lowest BCUT2D eigenvalue weighted by Crippen LogP contribution is -2.41. The molecule has 1 fully saturated rings. The first kappa shape index (κ1) is 11.9. The Morgan fingerprint density at radius 2 is 2.24 bits per heavy atom. The fourth-order valence-electron chi connectivity index (χ4n) is 1.91. The topological polar surface area (TPSA) is 45.5 Å². The van der Waals surface area contributed by atoms with Crippen LogP contribution in [0.5, 0.6) is 5.75 Å². The van der Waals surface area contributed by atoms with Gasteiger partial charge in [0, 0.05) is 19.6 Å². The number of ether oxygens (including phenoxy) is 2. The summed E-state index contributed by atoms with van der Waals surface area (Å²) in [5, 5.41) is 8.82. The van der Waals surface area contributed by atoms with E-state index in [1.807, 2.05) is 12.1 Å². The van der Waals surface area contributed by atoms with Crippen LogP contribution in [0.3, 0.4) is 0 Å². The van der Waals surface area contributed by atoms with E-state index in [2.05, 4.69) is 23.1 Å². The van der Waals surface area contributed by atoms with Gasteiger partial charge in [-0.15, -0.1) is 0 Å². The summed E-state index contributed by atoms with van der Waals surface area (Å²) in [7, 11) is 1.66. The zero-order valence-corrected chi connectivity index (χ0v) is 9.93. The molecular weight excluding hydrogens is 216 g/mol. The van der Waals surface area contributed by atoms with E-state index in [0.717, 1.165) is 18.8 Å². The average Bonchev–Trinajstić information content (AvgIpc) is 2.40. The molecule has 0 amide bonds. The van der Waals surface area contributed by atoms with E-state index in [1.165, 1.54) is 5.56 Å². The summed E-state index contributed by atoms with van der Waals surface area (Å²) in [6, 6.07) is 10.2. The predicted molar refractivity (Wildman–Crippen MR) is 63.6 cm³/mol. The van der Waals surface area contributed by atoms with E-state index < -0.39 is 0 Å². The lowest BCUT2D eigenvalue weighted by molar-refractivity contribution is -0.00269. The molecule has 17 heavy (non-hydrogen) atoms. The van der Waals surface area contributed by atoms with Crippen LogP contribution in [0, 0.1) is 11.3 Å². The number of benzene rings is 1. The maximum absolute atomic E-state index is 8.82. The van der Waals surface area contributed by atoms with Gasteiger partial charge < -0.3 is 9.47 Å². The fraction of sp³-hybridized carbons (Fsp3) is 0.462. The Hall–Kier alpha value is -1.57. The summed E-state index contributed by atoms with van der Waals surface area (Å²) >= 11 is 0. The molecule has 1 saturated heterocycles. The number of hydrogen-bond acceptors (Lipinski definition) is 4. The van der Waals surface area contributed by atoms with Gasteiger partial charge in [-0.25, -0.2) is 0 Å². The summed E-state index contributed by atoms with van der Waals surface area (Å²) in [5.41, 5.74) is 1.23. The van der Waals surface area contributed by atoms with Crippen LogP contribution < -0.4 is 4.74 Å². The van der Waals surface area contributed by atoms with Crippen LogP contribution in [0.4, 0.5) is 0 Å². The van der Waals surface area contributed by atoms with Crippen molar-refractivity contribution in [3.05, 3.63) is 29.8 Å². The molecule has 1 heterocycles. The van der Waals surface area contributed by atoms with Crippen molar-refractivity contribution in [2.45, 2.75) is 12.6 Å². The summed E-state index contributed by atoms with van der Waals surface area (Å²) in [5.74, 6) is 0.866. The third-order valence-electron chi connectivity index (χ3n) is 2.86. The molecule has 0 spiro atoms. The van der Waals surface area contributed by atoms with E-state index in [4.69, 9.17) is 14.7 Å². The molecule has 1 aliphatic heterocycles.